The summed E-state index contributed by atoms with van der Waals surface area (Å²) in [6.45, 7) is 7.12. The summed E-state index contributed by atoms with van der Waals surface area (Å²) in [5.41, 5.74) is 1.92. The Morgan fingerprint density at radius 2 is 1.61 bits per heavy atom. The summed E-state index contributed by atoms with van der Waals surface area (Å²) in [5.74, 6) is 1.22. The lowest BCUT2D eigenvalue weighted by molar-refractivity contribution is -0.141. The minimum atomic E-state index is -0.575. The molecule has 0 aromatic heterocycles. The van der Waals surface area contributed by atoms with Crippen LogP contribution in [0.4, 0.5) is 0 Å². The Hall–Kier alpha value is -2.73. The van der Waals surface area contributed by atoms with E-state index in [4.69, 9.17) is 21.1 Å². The van der Waals surface area contributed by atoms with Crippen LogP contribution in [0.2, 0.25) is 5.02 Å². The van der Waals surface area contributed by atoms with Crippen molar-refractivity contribution >= 4 is 23.4 Å². The highest BCUT2D eigenvalue weighted by Crippen LogP contribution is 2.29. The largest absolute Gasteiger partial charge is 0.490 e. The molecular formula is C29H39ClN2O4. The fraction of sp³-hybridized carbons (Fsp3) is 0.517. The summed E-state index contributed by atoms with van der Waals surface area (Å²) in [6, 6.07) is 12.8. The number of rotatable bonds is 12. The van der Waals surface area contributed by atoms with Crippen LogP contribution >= 0.6 is 11.6 Å². The van der Waals surface area contributed by atoms with E-state index in [-0.39, 0.29) is 24.3 Å². The molecule has 6 nitrogen and oxygen atoms in total. The third-order valence-electron chi connectivity index (χ3n) is 6.62. The van der Waals surface area contributed by atoms with Crippen molar-refractivity contribution in [2.75, 3.05) is 13.2 Å². The van der Waals surface area contributed by atoms with Gasteiger partial charge in [0.25, 0.3) is 0 Å². The number of amides is 2. The van der Waals surface area contributed by atoms with E-state index in [1.807, 2.05) is 63.2 Å². The summed E-state index contributed by atoms with van der Waals surface area (Å²) in [6.07, 6.45) is 6.33. The number of nitrogens with one attached hydrogen (secondary N) is 1. The van der Waals surface area contributed by atoms with Crippen molar-refractivity contribution in [3.63, 3.8) is 0 Å². The molecule has 3 rings (SSSR count). The topological polar surface area (TPSA) is 67.9 Å². The van der Waals surface area contributed by atoms with E-state index in [0.29, 0.717) is 42.7 Å². The molecule has 1 fully saturated rings. The first-order valence-corrected chi connectivity index (χ1v) is 13.5. The molecule has 2 amide bonds. The van der Waals surface area contributed by atoms with Gasteiger partial charge >= 0.3 is 0 Å². The number of hydrogen-bond acceptors (Lipinski definition) is 4. The molecular weight excluding hydrogens is 476 g/mol. The number of aryl methyl sites for hydroxylation is 1. The SMILES string of the molecule is CCOc1ccc(CCC(=O)N(Cc2ccc(Cl)cc2)[C@H](C)C(=O)NC2CCCCC2)cc1OCC. The number of carbonyl (C=O) groups is 2. The summed E-state index contributed by atoms with van der Waals surface area (Å²) in [4.78, 5) is 28.3. The fourth-order valence-electron chi connectivity index (χ4n) is 4.58. The van der Waals surface area contributed by atoms with E-state index >= 15 is 0 Å². The van der Waals surface area contributed by atoms with Gasteiger partial charge in [-0.2, -0.15) is 0 Å². The summed E-state index contributed by atoms with van der Waals surface area (Å²) >= 11 is 6.05. The third-order valence-corrected chi connectivity index (χ3v) is 6.87. The van der Waals surface area contributed by atoms with Gasteiger partial charge in [0.1, 0.15) is 6.04 Å². The van der Waals surface area contributed by atoms with Crippen molar-refractivity contribution < 1.29 is 19.1 Å². The van der Waals surface area contributed by atoms with Gasteiger partial charge in [-0.15, -0.1) is 0 Å². The fourth-order valence-corrected chi connectivity index (χ4v) is 4.71. The van der Waals surface area contributed by atoms with Gasteiger partial charge in [-0.1, -0.05) is 49.1 Å². The summed E-state index contributed by atoms with van der Waals surface area (Å²) < 4.78 is 11.4. The molecule has 1 saturated carbocycles. The van der Waals surface area contributed by atoms with Crippen LogP contribution in [0, 0.1) is 0 Å². The van der Waals surface area contributed by atoms with E-state index in [9.17, 15) is 9.59 Å². The minimum Gasteiger partial charge on any atom is -0.490 e. The van der Waals surface area contributed by atoms with Gasteiger partial charge in [0.2, 0.25) is 11.8 Å². The monoisotopic (exact) mass is 514 g/mol. The van der Waals surface area contributed by atoms with Crippen molar-refractivity contribution in [3.8, 4) is 11.5 Å². The maximum atomic E-state index is 13.5. The zero-order chi connectivity index (χ0) is 25.9. The molecule has 0 bridgehead atoms. The predicted octanol–water partition coefficient (Wildman–Crippen LogP) is 5.94. The second kappa shape index (κ2) is 14.1. The van der Waals surface area contributed by atoms with Crippen molar-refractivity contribution in [1.82, 2.24) is 10.2 Å². The molecule has 0 radical (unpaired) electrons. The van der Waals surface area contributed by atoms with Crippen LogP contribution in [0.5, 0.6) is 11.5 Å². The summed E-state index contributed by atoms with van der Waals surface area (Å²) in [5, 5.41) is 3.82. The lowest BCUT2D eigenvalue weighted by atomic mass is 9.95. The zero-order valence-corrected chi connectivity index (χ0v) is 22.5. The Morgan fingerprint density at radius 3 is 2.28 bits per heavy atom. The molecule has 0 heterocycles. The normalized spacial score (nSPS) is 14.7. The Balaban J connectivity index is 1.71. The van der Waals surface area contributed by atoms with Crippen LogP contribution in [0.15, 0.2) is 42.5 Å². The molecule has 1 aliphatic rings. The van der Waals surface area contributed by atoms with Crippen LogP contribution in [0.1, 0.15) is 70.4 Å². The molecule has 0 spiro atoms. The van der Waals surface area contributed by atoms with Crippen LogP contribution in [0.25, 0.3) is 0 Å². The number of nitrogens with zero attached hydrogens (tertiary/aromatic N) is 1. The maximum Gasteiger partial charge on any atom is 0.242 e. The molecule has 36 heavy (non-hydrogen) atoms. The lowest BCUT2D eigenvalue weighted by Gasteiger charge is -2.31. The minimum absolute atomic E-state index is 0.0666. The number of hydrogen-bond donors (Lipinski definition) is 1. The van der Waals surface area contributed by atoms with Gasteiger partial charge < -0.3 is 19.7 Å². The highest BCUT2D eigenvalue weighted by atomic mass is 35.5. The summed E-state index contributed by atoms with van der Waals surface area (Å²) in [7, 11) is 0. The second-order valence-corrected chi connectivity index (χ2v) is 9.75. The molecule has 196 valence electrons. The Bertz CT molecular complexity index is 989. The molecule has 0 unspecified atom stereocenters. The van der Waals surface area contributed by atoms with E-state index in [1.165, 1.54) is 6.42 Å². The van der Waals surface area contributed by atoms with Crippen LogP contribution in [-0.4, -0.2) is 42.0 Å². The number of ether oxygens (including phenoxy) is 2. The molecule has 2 aromatic rings. The lowest BCUT2D eigenvalue weighted by Crippen LogP contribution is -2.50. The smallest absolute Gasteiger partial charge is 0.242 e. The van der Waals surface area contributed by atoms with E-state index < -0.39 is 6.04 Å². The standard InChI is InChI=1S/C29H39ClN2O4/c1-4-35-26-17-13-22(19-27(26)36-5-2)14-18-28(33)32(20-23-11-15-24(30)16-12-23)21(3)29(34)31-25-9-7-6-8-10-25/h11-13,15-17,19,21,25H,4-10,14,18,20H2,1-3H3,(H,31,34)/t21-/m1/s1. The van der Waals surface area contributed by atoms with Gasteiger partial charge in [-0.3, -0.25) is 9.59 Å². The van der Waals surface area contributed by atoms with E-state index in [0.717, 1.165) is 36.8 Å². The van der Waals surface area contributed by atoms with Gasteiger partial charge in [-0.05, 0) is 75.4 Å². The first kappa shape index (κ1) is 27.9. The first-order valence-electron chi connectivity index (χ1n) is 13.1. The van der Waals surface area contributed by atoms with Gasteiger partial charge in [0, 0.05) is 24.0 Å². The number of carbonyl (C=O) groups excluding carboxylic acids is 2. The highest BCUT2D eigenvalue weighted by molar-refractivity contribution is 6.30. The molecule has 1 aliphatic carbocycles. The van der Waals surface area contributed by atoms with Crippen molar-refractivity contribution in [2.45, 2.75) is 84.3 Å². The second-order valence-electron chi connectivity index (χ2n) is 9.31. The van der Waals surface area contributed by atoms with Crippen LogP contribution in [-0.2, 0) is 22.6 Å². The van der Waals surface area contributed by atoms with Crippen molar-refractivity contribution in [3.05, 3.63) is 58.6 Å². The molecule has 2 aromatic carbocycles. The average molecular weight is 515 g/mol. The number of halogens is 1. The van der Waals surface area contributed by atoms with E-state index in [1.54, 1.807) is 4.90 Å². The van der Waals surface area contributed by atoms with Crippen LogP contribution < -0.4 is 14.8 Å². The Labute approximate surface area is 220 Å². The molecule has 7 heteroatoms. The van der Waals surface area contributed by atoms with Crippen molar-refractivity contribution in [1.29, 1.82) is 0 Å². The van der Waals surface area contributed by atoms with E-state index in [2.05, 4.69) is 5.32 Å². The molecule has 1 N–H and O–H groups in total. The quantitative estimate of drug-likeness (QED) is 0.381. The average Bonchev–Trinajstić information content (AvgIpc) is 2.88. The Morgan fingerprint density at radius 1 is 0.972 bits per heavy atom. The van der Waals surface area contributed by atoms with Gasteiger partial charge in [0.15, 0.2) is 11.5 Å². The zero-order valence-electron chi connectivity index (χ0n) is 21.7. The molecule has 1 atom stereocenters. The first-order chi connectivity index (χ1) is 17.4. The highest BCUT2D eigenvalue weighted by Gasteiger charge is 2.28. The van der Waals surface area contributed by atoms with Gasteiger partial charge in [-0.25, -0.2) is 0 Å². The molecule has 0 aliphatic heterocycles. The van der Waals surface area contributed by atoms with Crippen LogP contribution in [0.3, 0.4) is 0 Å². The maximum absolute atomic E-state index is 13.5. The third kappa shape index (κ3) is 8.16. The molecule has 0 saturated heterocycles. The number of benzene rings is 2. The predicted molar refractivity (Wildman–Crippen MR) is 144 cm³/mol. The Kier molecular flexibility index (Phi) is 10.9. The van der Waals surface area contributed by atoms with Gasteiger partial charge in [0.05, 0.1) is 13.2 Å². The van der Waals surface area contributed by atoms with Crippen molar-refractivity contribution in [2.24, 2.45) is 0 Å².